The van der Waals surface area contributed by atoms with Gasteiger partial charge in [0.05, 0.1) is 17.5 Å². The molecule has 29 heavy (non-hydrogen) atoms. The predicted octanol–water partition coefficient (Wildman–Crippen LogP) is 0.823. The quantitative estimate of drug-likeness (QED) is 0.511. The first-order valence-corrected chi connectivity index (χ1v) is 11.1. The van der Waals surface area contributed by atoms with Crippen molar-refractivity contribution in [3.8, 4) is 0 Å². The Kier molecular flexibility index (Phi) is 6.38. The van der Waals surface area contributed by atoms with Gasteiger partial charge >= 0.3 is 0 Å². The Morgan fingerprint density at radius 2 is 1.93 bits per heavy atom. The largest absolute Gasteiger partial charge is 0.353 e. The topological polar surface area (TPSA) is 126 Å². The van der Waals surface area contributed by atoms with Gasteiger partial charge in [-0.25, -0.2) is 27.5 Å². The molecule has 0 spiro atoms. The number of nitrogens with zero attached hydrogens (tertiary/aromatic N) is 3. The lowest BCUT2D eigenvalue weighted by atomic mass is 9.66. The number of hydrogen-bond donors (Lipinski definition) is 3. The van der Waals surface area contributed by atoms with E-state index >= 15 is 0 Å². The number of nitrogens with one attached hydrogen (secondary N) is 3. The van der Waals surface area contributed by atoms with Crippen LogP contribution in [-0.4, -0.2) is 55.2 Å². The number of halogens is 1. The van der Waals surface area contributed by atoms with Crippen LogP contribution in [0, 0.1) is 5.82 Å². The molecular formula is C18H23FN6O3S. The van der Waals surface area contributed by atoms with E-state index in [0.29, 0.717) is 18.2 Å². The minimum atomic E-state index is -3.29. The zero-order valence-electron chi connectivity index (χ0n) is 16.0. The second kappa shape index (κ2) is 8.78. The van der Waals surface area contributed by atoms with Crippen LogP contribution in [0.1, 0.15) is 35.3 Å². The van der Waals surface area contributed by atoms with Crippen LogP contribution in [0.15, 0.2) is 30.7 Å². The van der Waals surface area contributed by atoms with Crippen molar-refractivity contribution in [2.24, 2.45) is 0 Å². The normalized spacial score (nSPS) is 15.4. The minimum absolute atomic E-state index is 0.0945. The molecule has 9 nitrogen and oxygen atoms in total. The van der Waals surface area contributed by atoms with E-state index in [1.165, 1.54) is 18.5 Å². The van der Waals surface area contributed by atoms with Crippen molar-refractivity contribution >= 4 is 21.9 Å². The summed E-state index contributed by atoms with van der Waals surface area (Å²) in [4.78, 5) is 24.5. The van der Waals surface area contributed by atoms with Gasteiger partial charge in [-0.05, 0) is 25.0 Å². The first-order valence-electron chi connectivity index (χ1n) is 9.19. The van der Waals surface area contributed by atoms with Gasteiger partial charge in [0.25, 0.3) is 5.91 Å². The highest BCUT2D eigenvalue weighted by Crippen LogP contribution is 2.43. The number of anilines is 1. The third-order valence-corrected chi connectivity index (χ3v) is 5.57. The zero-order chi connectivity index (χ0) is 20.9. The second-order valence-corrected chi connectivity index (χ2v) is 8.87. The van der Waals surface area contributed by atoms with Gasteiger partial charge in [0, 0.05) is 43.6 Å². The van der Waals surface area contributed by atoms with E-state index in [0.717, 1.165) is 25.5 Å². The van der Waals surface area contributed by atoms with Crippen molar-refractivity contribution in [2.45, 2.75) is 24.7 Å². The van der Waals surface area contributed by atoms with E-state index in [4.69, 9.17) is 0 Å². The highest BCUT2D eigenvalue weighted by molar-refractivity contribution is 7.88. The second-order valence-electron chi connectivity index (χ2n) is 7.04. The zero-order valence-corrected chi connectivity index (χ0v) is 16.8. The molecule has 1 fully saturated rings. The predicted molar refractivity (Wildman–Crippen MR) is 105 cm³/mol. The van der Waals surface area contributed by atoms with Crippen LogP contribution in [0.25, 0.3) is 0 Å². The highest BCUT2D eigenvalue weighted by Gasteiger charge is 2.41. The molecule has 0 unspecified atom stereocenters. The average Bonchev–Trinajstić information content (AvgIpc) is 2.65. The van der Waals surface area contributed by atoms with Crippen molar-refractivity contribution in [3.05, 3.63) is 47.8 Å². The summed E-state index contributed by atoms with van der Waals surface area (Å²) in [5, 5.41) is 5.69. The number of hydrogen-bond acceptors (Lipinski definition) is 7. The molecule has 0 radical (unpaired) electrons. The fourth-order valence-electron chi connectivity index (χ4n) is 3.18. The molecule has 3 N–H and O–H groups in total. The molecule has 1 amide bonds. The number of aromatic nitrogens is 3. The SMILES string of the molecule is CS(=O)(=O)NCCNC(=O)c1cnc(NCC2(c3ncccc3F)CCC2)nc1. The summed E-state index contributed by atoms with van der Waals surface area (Å²) >= 11 is 0. The third kappa shape index (κ3) is 5.45. The Morgan fingerprint density at radius 1 is 1.21 bits per heavy atom. The Bertz CT molecular complexity index is 964. The summed E-state index contributed by atoms with van der Waals surface area (Å²) in [6, 6.07) is 2.99. The first-order chi connectivity index (χ1) is 13.8. The Balaban J connectivity index is 1.54. The number of amides is 1. The smallest absolute Gasteiger partial charge is 0.254 e. The summed E-state index contributed by atoms with van der Waals surface area (Å²) in [7, 11) is -3.29. The van der Waals surface area contributed by atoms with Crippen molar-refractivity contribution in [3.63, 3.8) is 0 Å². The van der Waals surface area contributed by atoms with E-state index in [9.17, 15) is 17.6 Å². The van der Waals surface area contributed by atoms with Crippen molar-refractivity contribution < 1.29 is 17.6 Å². The third-order valence-electron chi connectivity index (χ3n) is 4.85. The van der Waals surface area contributed by atoms with Crippen molar-refractivity contribution in [2.75, 3.05) is 31.2 Å². The van der Waals surface area contributed by atoms with E-state index in [-0.39, 0.29) is 29.9 Å². The van der Waals surface area contributed by atoms with E-state index < -0.39 is 15.9 Å². The van der Waals surface area contributed by atoms with E-state index in [1.807, 2.05) is 0 Å². The Hall–Kier alpha value is -2.66. The molecule has 0 saturated heterocycles. The maximum atomic E-state index is 14.2. The molecule has 0 aliphatic heterocycles. The monoisotopic (exact) mass is 422 g/mol. The maximum absolute atomic E-state index is 14.2. The molecule has 0 bridgehead atoms. The molecule has 1 saturated carbocycles. The van der Waals surface area contributed by atoms with Gasteiger partial charge in [0.1, 0.15) is 5.82 Å². The molecular weight excluding hydrogens is 399 g/mol. The molecule has 0 aromatic carbocycles. The maximum Gasteiger partial charge on any atom is 0.254 e. The summed E-state index contributed by atoms with van der Waals surface area (Å²) in [6.07, 6.45) is 8.06. The molecule has 3 rings (SSSR count). The van der Waals surface area contributed by atoms with Gasteiger partial charge in [-0.3, -0.25) is 9.78 Å². The van der Waals surface area contributed by atoms with Gasteiger partial charge in [-0.1, -0.05) is 6.42 Å². The summed E-state index contributed by atoms with van der Waals surface area (Å²) < 4.78 is 38.4. The lowest BCUT2D eigenvalue weighted by Crippen LogP contribution is -2.42. The Morgan fingerprint density at radius 3 is 2.52 bits per heavy atom. The fraction of sp³-hybridized carbons (Fsp3) is 0.444. The summed E-state index contributed by atoms with van der Waals surface area (Å²) in [6.45, 7) is 0.685. The number of pyridine rings is 1. The van der Waals surface area contributed by atoms with Crippen LogP contribution in [-0.2, 0) is 15.4 Å². The standard InChI is InChI=1S/C18H23FN6O3S/c1-29(27,28)25-9-8-21-16(26)13-10-22-17(23-11-13)24-12-18(5-3-6-18)15-14(19)4-2-7-20-15/h2,4,7,10-11,25H,3,5-6,8-9,12H2,1H3,(H,21,26)(H,22,23,24). The summed E-state index contributed by atoms with van der Waals surface area (Å²) in [5.74, 6) is -0.381. The van der Waals surface area contributed by atoms with Gasteiger partial charge in [-0.2, -0.15) is 0 Å². The minimum Gasteiger partial charge on any atom is -0.353 e. The molecule has 2 heterocycles. The van der Waals surface area contributed by atoms with Crippen LogP contribution < -0.4 is 15.4 Å². The molecule has 1 aliphatic rings. The molecule has 11 heteroatoms. The first kappa shape index (κ1) is 21.1. The average molecular weight is 422 g/mol. The van der Waals surface area contributed by atoms with E-state index in [1.54, 1.807) is 12.3 Å². The molecule has 2 aromatic heterocycles. The van der Waals surface area contributed by atoms with Crippen LogP contribution in [0.3, 0.4) is 0 Å². The molecule has 0 atom stereocenters. The Labute approximate surface area is 168 Å². The highest BCUT2D eigenvalue weighted by atomic mass is 32.2. The van der Waals surface area contributed by atoms with Gasteiger partial charge in [0.15, 0.2) is 0 Å². The fourth-order valence-corrected chi connectivity index (χ4v) is 3.65. The lowest BCUT2D eigenvalue weighted by Gasteiger charge is -2.41. The van der Waals surface area contributed by atoms with Crippen LogP contribution in [0.5, 0.6) is 0 Å². The number of sulfonamides is 1. The van der Waals surface area contributed by atoms with Crippen molar-refractivity contribution in [1.82, 2.24) is 25.0 Å². The van der Waals surface area contributed by atoms with Crippen LogP contribution >= 0.6 is 0 Å². The van der Waals surface area contributed by atoms with E-state index in [2.05, 4.69) is 30.3 Å². The van der Waals surface area contributed by atoms with Gasteiger partial charge < -0.3 is 10.6 Å². The van der Waals surface area contributed by atoms with Gasteiger partial charge in [0.2, 0.25) is 16.0 Å². The summed E-state index contributed by atoms with van der Waals surface area (Å²) in [5.41, 5.74) is 0.332. The molecule has 156 valence electrons. The van der Waals surface area contributed by atoms with Crippen LogP contribution in [0.2, 0.25) is 0 Å². The van der Waals surface area contributed by atoms with Gasteiger partial charge in [-0.15, -0.1) is 0 Å². The molecule has 2 aromatic rings. The number of carbonyl (C=O) groups excluding carboxylic acids is 1. The van der Waals surface area contributed by atoms with Crippen LogP contribution in [0.4, 0.5) is 10.3 Å². The number of carbonyl (C=O) groups is 1. The number of rotatable bonds is 9. The van der Waals surface area contributed by atoms with Crippen molar-refractivity contribution in [1.29, 1.82) is 0 Å². The molecule has 1 aliphatic carbocycles. The lowest BCUT2D eigenvalue weighted by molar-refractivity contribution is 0.0953.